The van der Waals surface area contributed by atoms with Gasteiger partial charge in [0.25, 0.3) is 0 Å². The molecule has 1 atom stereocenters. The van der Waals surface area contributed by atoms with E-state index in [-0.39, 0.29) is 5.41 Å². The summed E-state index contributed by atoms with van der Waals surface area (Å²) in [7, 11) is 2.06. The molecule has 1 aromatic carbocycles. The van der Waals surface area contributed by atoms with Crippen LogP contribution in [0.1, 0.15) is 70.1 Å². The van der Waals surface area contributed by atoms with Crippen molar-refractivity contribution in [3.63, 3.8) is 0 Å². The van der Waals surface area contributed by atoms with Crippen molar-refractivity contribution in [1.82, 2.24) is 5.32 Å². The summed E-state index contributed by atoms with van der Waals surface area (Å²) in [5.41, 5.74) is 5.17. The lowest BCUT2D eigenvalue weighted by Crippen LogP contribution is -2.30. The fourth-order valence-electron chi connectivity index (χ4n) is 3.27. The second-order valence-corrected chi connectivity index (χ2v) is 7.73. The third-order valence-electron chi connectivity index (χ3n) is 4.65. The fourth-order valence-corrected chi connectivity index (χ4v) is 3.27. The van der Waals surface area contributed by atoms with Crippen molar-refractivity contribution in [2.45, 2.75) is 64.2 Å². The summed E-state index contributed by atoms with van der Waals surface area (Å²) >= 11 is 0. The first kappa shape index (κ1) is 14.6. The van der Waals surface area contributed by atoms with Crippen LogP contribution in [0.3, 0.4) is 0 Å². The largest absolute Gasteiger partial charge is 0.319 e. The van der Waals surface area contributed by atoms with Crippen molar-refractivity contribution in [3.05, 3.63) is 34.9 Å². The molecule has 1 nitrogen and oxygen atoms in total. The van der Waals surface area contributed by atoms with Crippen LogP contribution < -0.4 is 5.32 Å². The van der Waals surface area contributed by atoms with Crippen molar-refractivity contribution < 1.29 is 0 Å². The lowest BCUT2D eigenvalue weighted by molar-refractivity contribution is 0.385. The summed E-state index contributed by atoms with van der Waals surface area (Å²) in [5, 5.41) is 3.36. The van der Waals surface area contributed by atoms with Crippen molar-refractivity contribution in [2.75, 3.05) is 13.6 Å². The van der Waals surface area contributed by atoms with Gasteiger partial charge < -0.3 is 5.32 Å². The summed E-state index contributed by atoms with van der Waals surface area (Å²) in [5.74, 6) is 0.676. The molecule has 0 amide bonds. The Morgan fingerprint density at radius 2 is 1.95 bits per heavy atom. The quantitative estimate of drug-likeness (QED) is 0.832. The zero-order valence-electron chi connectivity index (χ0n) is 13.4. The summed E-state index contributed by atoms with van der Waals surface area (Å²) in [6.45, 7) is 12.8. The predicted molar refractivity (Wildman–Crippen MR) is 84.1 cm³/mol. The van der Waals surface area contributed by atoms with E-state index < -0.39 is 0 Å². The van der Waals surface area contributed by atoms with Gasteiger partial charge in [0, 0.05) is 6.54 Å². The number of fused-ring (bicyclic) bond motifs is 1. The van der Waals surface area contributed by atoms with Crippen LogP contribution in [0, 0.1) is 0 Å². The Labute approximate surface area is 118 Å². The maximum atomic E-state index is 3.36. The molecule has 19 heavy (non-hydrogen) atoms. The van der Waals surface area contributed by atoms with Crippen molar-refractivity contribution in [3.8, 4) is 0 Å². The second-order valence-electron chi connectivity index (χ2n) is 7.73. The van der Waals surface area contributed by atoms with Gasteiger partial charge in [0.2, 0.25) is 0 Å². The van der Waals surface area contributed by atoms with Gasteiger partial charge in [-0.3, -0.25) is 0 Å². The molecule has 0 saturated heterocycles. The highest BCUT2D eigenvalue weighted by molar-refractivity contribution is 5.43. The Kier molecular flexibility index (Phi) is 3.79. The summed E-state index contributed by atoms with van der Waals surface area (Å²) in [4.78, 5) is 0. The average molecular weight is 259 g/mol. The van der Waals surface area contributed by atoms with Gasteiger partial charge in [0.05, 0.1) is 0 Å². The van der Waals surface area contributed by atoms with Crippen LogP contribution in [0.15, 0.2) is 18.2 Å². The highest BCUT2D eigenvalue weighted by Crippen LogP contribution is 2.43. The minimum Gasteiger partial charge on any atom is -0.319 e. The highest BCUT2D eigenvalue weighted by Gasteiger charge is 2.33. The van der Waals surface area contributed by atoms with Crippen molar-refractivity contribution >= 4 is 0 Å². The van der Waals surface area contributed by atoms with E-state index in [0.717, 1.165) is 6.54 Å². The molecular weight excluding hydrogens is 230 g/mol. The first-order valence-corrected chi connectivity index (χ1v) is 7.55. The molecule has 0 fully saturated rings. The third kappa shape index (κ3) is 2.86. The van der Waals surface area contributed by atoms with E-state index in [1.54, 1.807) is 11.1 Å². The highest BCUT2D eigenvalue weighted by atomic mass is 14.8. The van der Waals surface area contributed by atoms with Gasteiger partial charge in [-0.15, -0.1) is 0 Å². The molecule has 0 saturated carbocycles. The number of likely N-dealkylation sites (N-methyl/N-ethyl adjacent to an activating group) is 1. The van der Waals surface area contributed by atoms with Crippen LogP contribution in [0.2, 0.25) is 0 Å². The first-order chi connectivity index (χ1) is 8.75. The van der Waals surface area contributed by atoms with Gasteiger partial charge in [0.1, 0.15) is 0 Å². The zero-order valence-corrected chi connectivity index (χ0v) is 13.4. The Balaban J connectivity index is 2.50. The standard InChI is InChI=1S/C18H29N/c1-17(2,3)14-7-8-16-15(11-14)13(12-19-6)9-10-18(16,4)5/h7-8,11,13,19H,9-10,12H2,1-6H3. The van der Waals surface area contributed by atoms with E-state index in [2.05, 4.69) is 65.2 Å². The van der Waals surface area contributed by atoms with Gasteiger partial charge in [0.15, 0.2) is 0 Å². The smallest absolute Gasteiger partial charge is 0.00172 e. The predicted octanol–water partition coefficient (Wildman–Crippen LogP) is 4.36. The number of benzene rings is 1. The Hall–Kier alpha value is -0.820. The summed E-state index contributed by atoms with van der Waals surface area (Å²) in [6.07, 6.45) is 2.59. The topological polar surface area (TPSA) is 12.0 Å². The molecule has 0 spiro atoms. The van der Waals surface area contributed by atoms with Crippen LogP contribution in [-0.2, 0) is 10.8 Å². The Bertz CT molecular complexity index is 451. The van der Waals surface area contributed by atoms with E-state index in [0.29, 0.717) is 11.3 Å². The maximum absolute atomic E-state index is 3.36. The molecule has 106 valence electrons. The maximum Gasteiger partial charge on any atom is 0.00172 e. The first-order valence-electron chi connectivity index (χ1n) is 7.55. The van der Waals surface area contributed by atoms with Gasteiger partial charge in [-0.05, 0) is 53.3 Å². The molecule has 0 bridgehead atoms. The fraction of sp³-hybridized carbons (Fsp3) is 0.667. The van der Waals surface area contributed by atoms with Crippen molar-refractivity contribution in [1.29, 1.82) is 0 Å². The monoisotopic (exact) mass is 259 g/mol. The molecule has 1 unspecified atom stereocenters. The molecule has 0 aliphatic heterocycles. The summed E-state index contributed by atoms with van der Waals surface area (Å²) < 4.78 is 0. The van der Waals surface area contributed by atoms with Crippen molar-refractivity contribution in [2.24, 2.45) is 0 Å². The number of hydrogen-bond donors (Lipinski definition) is 1. The minimum absolute atomic E-state index is 0.237. The minimum atomic E-state index is 0.237. The lowest BCUT2D eigenvalue weighted by Gasteiger charge is -2.38. The van der Waals surface area contributed by atoms with E-state index in [9.17, 15) is 0 Å². The molecule has 1 N–H and O–H groups in total. The van der Waals surface area contributed by atoms with Gasteiger partial charge >= 0.3 is 0 Å². The van der Waals surface area contributed by atoms with E-state index in [1.807, 2.05) is 0 Å². The average Bonchev–Trinajstić information content (AvgIpc) is 2.31. The number of nitrogens with one attached hydrogen (secondary N) is 1. The Morgan fingerprint density at radius 1 is 1.26 bits per heavy atom. The molecule has 0 radical (unpaired) electrons. The van der Waals surface area contributed by atoms with Crippen LogP contribution in [0.25, 0.3) is 0 Å². The van der Waals surface area contributed by atoms with E-state index in [4.69, 9.17) is 0 Å². The third-order valence-corrected chi connectivity index (χ3v) is 4.65. The van der Waals surface area contributed by atoms with Gasteiger partial charge in [-0.25, -0.2) is 0 Å². The number of rotatable bonds is 2. The molecule has 1 aliphatic carbocycles. The molecule has 1 aliphatic rings. The molecular formula is C18H29N. The van der Waals surface area contributed by atoms with E-state index in [1.165, 1.54) is 18.4 Å². The van der Waals surface area contributed by atoms with Gasteiger partial charge in [-0.1, -0.05) is 52.8 Å². The SMILES string of the molecule is CNCC1CCC(C)(C)c2ccc(C(C)(C)C)cc21. The summed E-state index contributed by atoms with van der Waals surface area (Å²) in [6, 6.07) is 7.19. The van der Waals surface area contributed by atoms with E-state index >= 15 is 0 Å². The lowest BCUT2D eigenvalue weighted by atomic mass is 9.67. The number of hydrogen-bond acceptors (Lipinski definition) is 1. The molecule has 1 heteroatoms. The van der Waals surface area contributed by atoms with Crippen LogP contribution in [0.4, 0.5) is 0 Å². The molecule has 2 rings (SSSR count). The van der Waals surface area contributed by atoms with Crippen LogP contribution in [0.5, 0.6) is 0 Å². The molecule has 0 aromatic heterocycles. The second kappa shape index (κ2) is 4.94. The molecule has 0 heterocycles. The van der Waals surface area contributed by atoms with Gasteiger partial charge in [-0.2, -0.15) is 0 Å². The normalized spacial score (nSPS) is 22.1. The van der Waals surface area contributed by atoms with Crippen LogP contribution >= 0.6 is 0 Å². The zero-order chi connectivity index (χ0) is 14.3. The Morgan fingerprint density at radius 3 is 2.53 bits per heavy atom. The molecule has 1 aromatic rings. The van der Waals surface area contributed by atoms with Crippen LogP contribution in [-0.4, -0.2) is 13.6 Å².